The summed E-state index contributed by atoms with van der Waals surface area (Å²) in [6.45, 7) is -0.104. The number of rotatable bonds is 7. The fourth-order valence-electron chi connectivity index (χ4n) is 2.12. The maximum Gasteiger partial charge on any atom is 0.331 e. The van der Waals surface area contributed by atoms with Crippen molar-refractivity contribution < 1.29 is 23.5 Å². The minimum Gasteiger partial charge on any atom is -0.493 e. The Bertz CT molecular complexity index is 902. The van der Waals surface area contributed by atoms with Gasteiger partial charge in [0.2, 0.25) is 5.82 Å². The second-order valence-electron chi connectivity index (χ2n) is 5.08. The molecule has 0 fully saturated rings. The molecule has 0 amide bonds. The van der Waals surface area contributed by atoms with Crippen LogP contribution in [0.2, 0.25) is 0 Å². The van der Waals surface area contributed by atoms with Gasteiger partial charge in [-0.3, -0.25) is 0 Å². The third kappa shape index (κ3) is 4.28. The summed E-state index contributed by atoms with van der Waals surface area (Å²) in [5.41, 5.74) is 1.64. The Balaban J connectivity index is 1.62. The van der Waals surface area contributed by atoms with Gasteiger partial charge in [0.05, 0.1) is 14.2 Å². The summed E-state index contributed by atoms with van der Waals surface area (Å²) in [5, 5.41) is 7.75. The monoisotopic (exact) mass is 372 g/mol. The van der Waals surface area contributed by atoms with Crippen LogP contribution in [-0.2, 0) is 16.1 Å². The van der Waals surface area contributed by atoms with E-state index in [9.17, 15) is 4.79 Å². The molecule has 0 spiro atoms. The van der Waals surface area contributed by atoms with Crippen molar-refractivity contribution in [3.05, 3.63) is 52.6 Å². The third-order valence-corrected chi connectivity index (χ3v) is 4.10. The maximum atomic E-state index is 11.7. The van der Waals surface area contributed by atoms with Crippen molar-refractivity contribution in [2.75, 3.05) is 14.2 Å². The zero-order valence-corrected chi connectivity index (χ0v) is 15.0. The molecular weight excluding hydrogens is 356 g/mol. The second-order valence-corrected chi connectivity index (χ2v) is 5.86. The molecule has 2 aromatic heterocycles. The highest BCUT2D eigenvalue weighted by molar-refractivity contribution is 7.08. The maximum absolute atomic E-state index is 11.7. The molecule has 0 unspecified atom stereocenters. The number of aromatic nitrogens is 2. The van der Waals surface area contributed by atoms with Crippen molar-refractivity contribution in [3.63, 3.8) is 0 Å². The van der Waals surface area contributed by atoms with E-state index in [0.29, 0.717) is 22.9 Å². The van der Waals surface area contributed by atoms with Crippen molar-refractivity contribution in [1.29, 1.82) is 0 Å². The molecule has 8 heteroatoms. The molecule has 0 saturated heterocycles. The predicted molar refractivity (Wildman–Crippen MR) is 96.0 cm³/mol. The molecule has 0 aliphatic heterocycles. The quantitative estimate of drug-likeness (QED) is 0.463. The topological polar surface area (TPSA) is 83.7 Å². The van der Waals surface area contributed by atoms with Gasteiger partial charge in [0.15, 0.2) is 18.1 Å². The van der Waals surface area contributed by atoms with Gasteiger partial charge in [-0.2, -0.15) is 16.3 Å². The molecule has 0 aliphatic rings. The Morgan fingerprint density at radius 2 is 2.08 bits per heavy atom. The van der Waals surface area contributed by atoms with Crippen LogP contribution in [0.4, 0.5) is 0 Å². The van der Waals surface area contributed by atoms with Gasteiger partial charge >= 0.3 is 5.97 Å². The van der Waals surface area contributed by atoms with E-state index in [1.165, 1.54) is 6.08 Å². The van der Waals surface area contributed by atoms with E-state index in [-0.39, 0.29) is 12.5 Å². The highest BCUT2D eigenvalue weighted by atomic mass is 32.1. The molecule has 0 atom stereocenters. The molecule has 7 nitrogen and oxygen atoms in total. The van der Waals surface area contributed by atoms with E-state index in [1.807, 2.05) is 16.8 Å². The van der Waals surface area contributed by atoms with Gasteiger partial charge in [-0.25, -0.2) is 4.79 Å². The average molecular weight is 372 g/mol. The Morgan fingerprint density at radius 3 is 2.81 bits per heavy atom. The number of benzene rings is 1. The van der Waals surface area contributed by atoms with Gasteiger partial charge in [0, 0.05) is 11.6 Å². The summed E-state index contributed by atoms with van der Waals surface area (Å²) in [7, 11) is 3.11. The third-order valence-electron chi connectivity index (χ3n) is 3.40. The Hall–Kier alpha value is -3.13. The first-order chi connectivity index (χ1) is 12.7. The van der Waals surface area contributed by atoms with Crippen molar-refractivity contribution in [2.45, 2.75) is 6.61 Å². The number of hydrogen-bond acceptors (Lipinski definition) is 8. The molecule has 3 aromatic rings. The first kappa shape index (κ1) is 17.7. The Morgan fingerprint density at radius 1 is 1.23 bits per heavy atom. The molecule has 0 saturated carbocycles. The second kappa shape index (κ2) is 8.30. The number of carbonyl (C=O) groups is 1. The van der Waals surface area contributed by atoms with Crippen LogP contribution in [0.15, 0.2) is 45.6 Å². The highest BCUT2D eigenvalue weighted by Gasteiger charge is 2.13. The predicted octanol–water partition coefficient (Wildman–Crippen LogP) is 3.57. The number of thiophene rings is 1. The minimum absolute atomic E-state index is 0.104. The molecule has 0 bridgehead atoms. The van der Waals surface area contributed by atoms with Crippen LogP contribution < -0.4 is 9.47 Å². The lowest BCUT2D eigenvalue weighted by atomic mass is 10.2. The van der Waals surface area contributed by atoms with Crippen molar-refractivity contribution in [3.8, 4) is 22.9 Å². The summed E-state index contributed by atoms with van der Waals surface area (Å²) in [4.78, 5) is 15.9. The number of esters is 1. The zero-order chi connectivity index (χ0) is 18.4. The van der Waals surface area contributed by atoms with Crippen LogP contribution in [0.1, 0.15) is 11.5 Å². The molecule has 134 valence electrons. The van der Waals surface area contributed by atoms with Crippen LogP contribution in [-0.4, -0.2) is 30.3 Å². The van der Waals surface area contributed by atoms with Gasteiger partial charge < -0.3 is 18.7 Å². The summed E-state index contributed by atoms with van der Waals surface area (Å²) in [6.07, 6.45) is 3.04. The molecule has 3 rings (SSSR count). The standard InChI is InChI=1S/C18H16N2O5S/c1-22-14-5-4-13(9-15(14)23-2)18-19-16(25-20-18)10-24-17(21)6-3-12-7-8-26-11-12/h3-9,11H,10H2,1-2H3/b6-3+. The minimum atomic E-state index is -0.484. The van der Waals surface area contributed by atoms with Crippen LogP contribution in [0, 0.1) is 0 Å². The molecule has 26 heavy (non-hydrogen) atoms. The first-order valence-corrected chi connectivity index (χ1v) is 8.56. The van der Waals surface area contributed by atoms with E-state index in [4.69, 9.17) is 18.7 Å². The lowest BCUT2D eigenvalue weighted by molar-refractivity contribution is -0.139. The highest BCUT2D eigenvalue weighted by Crippen LogP contribution is 2.31. The molecule has 2 heterocycles. The van der Waals surface area contributed by atoms with E-state index in [0.717, 1.165) is 5.56 Å². The van der Waals surface area contributed by atoms with Gasteiger partial charge in [-0.05, 0) is 46.7 Å². The smallest absolute Gasteiger partial charge is 0.331 e. The van der Waals surface area contributed by atoms with E-state index in [1.54, 1.807) is 49.8 Å². The number of carbonyl (C=O) groups excluding carboxylic acids is 1. The number of methoxy groups -OCH3 is 2. The SMILES string of the molecule is COc1ccc(-c2noc(COC(=O)/C=C/c3ccsc3)n2)cc1OC. The zero-order valence-electron chi connectivity index (χ0n) is 14.2. The van der Waals surface area contributed by atoms with Crippen molar-refractivity contribution in [2.24, 2.45) is 0 Å². The van der Waals surface area contributed by atoms with Gasteiger partial charge in [-0.15, -0.1) is 0 Å². The lowest BCUT2D eigenvalue weighted by Crippen LogP contribution is -2.00. The molecule has 1 aromatic carbocycles. The van der Waals surface area contributed by atoms with Gasteiger partial charge in [0.1, 0.15) is 0 Å². The number of ether oxygens (including phenoxy) is 3. The fraction of sp³-hybridized carbons (Fsp3) is 0.167. The summed E-state index contributed by atoms with van der Waals surface area (Å²) < 4.78 is 20.7. The normalized spacial score (nSPS) is 10.8. The largest absolute Gasteiger partial charge is 0.493 e. The summed E-state index contributed by atoms with van der Waals surface area (Å²) in [5.74, 6) is 1.24. The van der Waals surface area contributed by atoms with Crippen LogP contribution in [0.5, 0.6) is 11.5 Å². The van der Waals surface area contributed by atoms with Crippen LogP contribution in [0.3, 0.4) is 0 Å². The molecule has 0 aliphatic carbocycles. The van der Waals surface area contributed by atoms with Crippen molar-refractivity contribution >= 4 is 23.4 Å². The summed E-state index contributed by atoms with van der Waals surface area (Å²) >= 11 is 1.55. The number of hydrogen-bond donors (Lipinski definition) is 0. The van der Waals surface area contributed by atoms with E-state index in [2.05, 4.69) is 10.1 Å². The van der Waals surface area contributed by atoms with E-state index < -0.39 is 5.97 Å². The average Bonchev–Trinajstić information content (AvgIpc) is 3.36. The summed E-state index contributed by atoms with van der Waals surface area (Å²) in [6, 6.07) is 7.18. The van der Waals surface area contributed by atoms with Crippen molar-refractivity contribution in [1.82, 2.24) is 10.1 Å². The molecule has 0 radical (unpaired) electrons. The Labute approximate surface area is 153 Å². The number of nitrogens with zero attached hydrogens (tertiary/aromatic N) is 2. The van der Waals surface area contributed by atoms with Gasteiger partial charge in [-0.1, -0.05) is 5.16 Å². The van der Waals surface area contributed by atoms with Crippen LogP contribution in [0.25, 0.3) is 17.5 Å². The van der Waals surface area contributed by atoms with Gasteiger partial charge in [0.25, 0.3) is 5.89 Å². The van der Waals surface area contributed by atoms with Crippen LogP contribution >= 0.6 is 11.3 Å². The first-order valence-electron chi connectivity index (χ1n) is 7.61. The Kier molecular flexibility index (Phi) is 5.65. The lowest BCUT2D eigenvalue weighted by Gasteiger charge is -2.07. The fourth-order valence-corrected chi connectivity index (χ4v) is 2.75. The molecular formula is C18H16N2O5S. The molecule has 0 N–H and O–H groups in total. The van der Waals surface area contributed by atoms with E-state index >= 15 is 0 Å².